The van der Waals surface area contributed by atoms with E-state index in [0.717, 1.165) is 30.8 Å². The SMILES string of the molecule is CC1CCNCC1NC(=O)c1ccc(N(C)C)cc1. The molecule has 1 heterocycles. The summed E-state index contributed by atoms with van der Waals surface area (Å²) in [6.45, 7) is 4.11. The summed E-state index contributed by atoms with van der Waals surface area (Å²) in [5.74, 6) is 0.553. The molecule has 1 aliphatic heterocycles. The molecule has 19 heavy (non-hydrogen) atoms. The molecular formula is C15H23N3O. The predicted octanol–water partition coefficient (Wildman–Crippen LogP) is 1.48. The van der Waals surface area contributed by atoms with E-state index in [-0.39, 0.29) is 11.9 Å². The first-order valence-electron chi connectivity index (χ1n) is 6.87. The van der Waals surface area contributed by atoms with Crippen LogP contribution < -0.4 is 15.5 Å². The average molecular weight is 261 g/mol. The van der Waals surface area contributed by atoms with Gasteiger partial charge in [0.2, 0.25) is 0 Å². The number of amides is 1. The maximum absolute atomic E-state index is 12.2. The first-order valence-corrected chi connectivity index (χ1v) is 6.87. The molecule has 0 saturated carbocycles. The van der Waals surface area contributed by atoms with Crippen LogP contribution in [-0.2, 0) is 0 Å². The minimum absolute atomic E-state index is 0.0193. The van der Waals surface area contributed by atoms with Crippen LogP contribution in [0.5, 0.6) is 0 Å². The monoisotopic (exact) mass is 261 g/mol. The van der Waals surface area contributed by atoms with Gasteiger partial charge >= 0.3 is 0 Å². The third-order valence-electron chi connectivity index (χ3n) is 3.79. The lowest BCUT2D eigenvalue weighted by atomic mass is 9.94. The minimum atomic E-state index is 0.0193. The topological polar surface area (TPSA) is 44.4 Å². The maximum Gasteiger partial charge on any atom is 0.251 e. The second-order valence-electron chi connectivity index (χ2n) is 5.49. The lowest BCUT2D eigenvalue weighted by Crippen LogP contribution is -2.50. The van der Waals surface area contributed by atoms with Gasteiger partial charge in [-0.15, -0.1) is 0 Å². The fourth-order valence-electron chi connectivity index (χ4n) is 2.35. The van der Waals surface area contributed by atoms with Gasteiger partial charge in [-0.25, -0.2) is 0 Å². The van der Waals surface area contributed by atoms with Gasteiger partial charge in [-0.2, -0.15) is 0 Å². The number of nitrogens with zero attached hydrogens (tertiary/aromatic N) is 1. The van der Waals surface area contributed by atoms with Crippen LogP contribution in [0.4, 0.5) is 5.69 Å². The Morgan fingerprint density at radius 1 is 1.32 bits per heavy atom. The van der Waals surface area contributed by atoms with Gasteiger partial charge in [-0.05, 0) is 43.1 Å². The molecule has 2 N–H and O–H groups in total. The molecule has 1 aliphatic rings. The summed E-state index contributed by atoms with van der Waals surface area (Å²) in [5, 5.41) is 6.44. The van der Waals surface area contributed by atoms with Gasteiger partial charge in [0.25, 0.3) is 5.91 Å². The average Bonchev–Trinajstić information content (AvgIpc) is 2.41. The maximum atomic E-state index is 12.2. The molecule has 1 amide bonds. The molecule has 2 unspecified atom stereocenters. The number of carbonyl (C=O) groups excluding carboxylic acids is 1. The van der Waals surface area contributed by atoms with E-state index in [1.165, 1.54) is 0 Å². The smallest absolute Gasteiger partial charge is 0.251 e. The van der Waals surface area contributed by atoms with Crippen molar-refractivity contribution in [3.63, 3.8) is 0 Å². The van der Waals surface area contributed by atoms with E-state index in [2.05, 4.69) is 17.6 Å². The van der Waals surface area contributed by atoms with Crippen LogP contribution in [0.2, 0.25) is 0 Å². The van der Waals surface area contributed by atoms with Crippen molar-refractivity contribution in [2.75, 3.05) is 32.1 Å². The second kappa shape index (κ2) is 6.06. The number of benzene rings is 1. The zero-order chi connectivity index (χ0) is 13.8. The number of anilines is 1. The van der Waals surface area contributed by atoms with Crippen molar-refractivity contribution in [2.45, 2.75) is 19.4 Å². The highest BCUT2D eigenvalue weighted by atomic mass is 16.1. The van der Waals surface area contributed by atoms with Crippen LogP contribution in [0.3, 0.4) is 0 Å². The number of hydrogen-bond acceptors (Lipinski definition) is 3. The number of nitrogens with one attached hydrogen (secondary N) is 2. The molecule has 1 fully saturated rings. The molecule has 1 saturated heterocycles. The van der Waals surface area contributed by atoms with Crippen molar-refractivity contribution < 1.29 is 4.79 Å². The predicted molar refractivity (Wildman–Crippen MR) is 78.7 cm³/mol. The van der Waals surface area contributed by atoms with Gasteiger partial charge in [0.15, 0.2) is 0 Å². The Morgan fingerprint density at radius 2 is 2.00 bits per heavy atom. The third kappa shape index (κ3) is 3.47. The van der Waals surface area contributed by atoms with Gasteiger partial charge < -0.3 is 15.5 Å². The fourth-order valence-corrected chi connectivity index (χ4v) is 2.35. The molecular weight excluding hydrogens is 238 g/mol. The zero-order valence-corrected chi connectivity index (χ0v) is 11.9. The normalized spacial score (nSPS) is 22.9. The highest BCUT2D eigenvalue weighted by Gasteiger charge is 2.22. The van der Waals surface area contributed by atoms with Gasteiger partial charge in [-0.1, -0.05) is 6.92 Å². The largest absolute Gasteiger partial charge is 0.378 e. The second-order valence-corrected chi connectivity index (χ2v) is 5.49. The van der Waals surface area contributed by atoms with Crippen LogP contribution in [0.25, 0.3) is 0 Å². The van der Waals surface area contributed by atoms with Crippen molar-refractivity contribution in [3.8, 4) is 0 Å². The van der Waals surface area contributed by atoms with Crippen LogP contribution in [0, 0.1) is 5.92 Å². The van der Waals surface area contributed by atoms with E-state index < -0.39 is 0 Å². The highest BCUT2D eigenvalue weighted by molar-refractivity contribution is 5.94. The number of hydrogen-bond donors (Lipinski definition) is 2. The van der Waals surface area contributed by atoms with E-state index in [0.29, 0.717) is 5.92 Å². The first kappa shape index (κ1) is 13.9. The van der Waals surface area contributed by atoms with Crippen molar-refractivity contribution in [1.29, 1.82) is 0 Å². The molecule has 2 rings (SSSR count). The Hall–Kier alpha value is -1.55. The van der Waals surface area contributed by atoms with E-state index in [4.69, 9.17) is 0 Å². The number of carbonyl (C=O) groups is 1. The summed E-state index contributed by atoms with van der Waals surface area (Å²) in [6.07, 6.45) is 1.12. The summed E-state index contributed by atoms with van der Waals surface area (Å²) in [7, 11) is 3.98. The summed E-state index contributed by atoms with van der Waals surface area (Å²) in [6, 6.07) is 7.93. The molecule has 0 aliphatic carbocycles. The highest BCUT2D eigenvalue weighted by Crippen LogP contribution is 2.14. The van der Waals surface area contributed by atoms with E-state index in [9.17, 15) is 4.79 Å². The third-order valence-corrected chi connectivity index (χ3v) is 3.79. The molecule has 0 spiro atoms. The van der Waals surface area contributed by atoms with E-state index >= 15 is 0 Å². The molecule has 1 aromatic carbocycles. The molecule has 1 aromatic rings. The first-order chi connectivity index (χ1) is 9.08. The molecule has 0 radical (unpaired) electrons. The Kier molecular flexibility index (Phi) is 4.43. The quantitative estimate of drug-likeness (QED) is 0.866. The fraction of sp³-hybridized carbons (Fsp3) is 0.533. The summed E-state index contributed by atoms with van der Waals surface area (Å²) < 4.78 is 0. The van der Waals surface area contributed by atoms with Crippen molar-refractivity contribution in [1.82, 2.24) is 10.6 Å². The summed E-state index contributed by atoms with van der Waals surface area (Å²) in [4.78, 5) is 14.2. The zero-order valence-electron chi connectivity index (χ0n) is 11.9. The Bertz CT molecular complexity index is 428. The van der Waals surface area contributed by atoms with Crippen LogP contribution in [0.1, 0.15) is 23.7 Å². The van der Waals surface area contributed by atoms with E-state index in [1.807, 2.05) is 43.3 Å². The van der Waals surface area contributed by atoms with E-state index in [1.54, 1.807) is 0 Å². The van der Waals surface area contributed by atoms with Gasteiger partial charge in [0.05, 0.1) is 0 Å². The molecule has 104 valence electrons. The van der Waals surface area contributed by atoms with Gasteiger partial charge in [0, 0.05) is 37.9 Å². The Balaban J connectivity index is 1.99. The lowest BCUT2D eigenvalue weighted by Gasteiger charge is -2.30. The number of rotatable bonds is 3. The summed E-state index contributed by atoms with van der Waals surface area (Å²) in [5.41, 5.74) is 1.83. The molecule has 4 nitrogen and oxygen atoms in total. The van der Waals surface area contributed by atoms with Crippen molar-refractivity contribution in [2.24, 2.45) is 5.92 Å². The number of piperidine rings is 1. The summed E-state index contributed by atoms with van der Waals surface area (Å²) >= 11 is 0. The van der Waals surface area contributed by atoms with Gasteiger partial charge in [-0.3, -0.25) is 4.79 Å². The van der Waals surface area contributed by atoms with Crippen molar-refractivity contribution >= 4 is 11.6 Å². The van der Waals surface area contributed by atoms with Crippen LogP contribution >= 0.6 is 0 Å². The lowest BCUT2D eigenvalue weighted by molar-refractivity contribution is 0.0915. The molecule has 2 atom stereocenters. The van der Waals surface area contributed by atoms with Crippen LogP contribution in [-0.4, -0.2) is 39.1 Å². The van der Waals surface area contributed by atoms with Crippen LogP contribution in [0.15, 0.2) is 24.3 Å². The Morgan fingerprint density at radius 3 is 2.58 bits per heavy atom. The molecule has 0 bridgehead atoms. The van der Waals surface area contributed by atoms with Crippen molar-refractivity contribution in [3.05, 3.63) is 29.8 Å². The molecule has 0 aromatic heterocycles. The Labute approximate surface area is 115 Å². The molecule has 4 heteroatoms. The van der Waals surface area contributed by atoms with Gasteiger partial charge in [0.1, 0.15) is 0 Å². The standard InChI is InChI=1S/C15H23N3O/c1-11-8-9-16-10-14(11)17-15(19)12-4-6-13(7-5-12)18(2)3/h4-7,11,14,16H,8-10H2,1-3H3,(H,17,19). The minimum Gasteiger partial charge on any atom is -0.378 e.